The third-order valence-corrected chi connectivity index (χ3v) is 6.14. The molecule has 2 N–H and O–H groups in total. The van der Waals surface area contributed by atoms with Gasteiger partial charge in [-0.3, -0.25) is 14.5 Å². The molecule has 1 aromatic carbocycles. The molecule has 1 amide bonds. The van der Waals surface area contributed by atoms with Gasteiger partial charge in [0.25, 0.3) is 10.0 Å². The molecule has 2 aliphatic rings. The summed E-state index contributed by atoms with van der Waals surface area (Å²) >= 11 is 0. The SMILES string of the molecule is CCCN(C(=O)CCCN=C1NS(=O)(=O)c2ccccc21)C1CCNC1. The van der Waals surface area contributed by atoms with Gasteiger partial charge in [0.2, 0.25) is 5.91 Å². The van der Waals surface area contributed by atoms with Crippen LogP contribution >= 0.6 is 0 Å². The lowest BCUT2D eigenvalue weighted by Gasteiger charge is -2.28. The number of amidine groups is 1. The Labute approximate surface area is 154 Å². The van der Waals surface area contributed by atoms with Crippen molar-refractivity contribution in [3.8, 4) is 0 Å². The minimum absolute atomic E-state index is 0.160. The van der Waals surface area contributed by atoms with Crippen molar-refractivity contribution in [2.75, 3.05) is 26.2 Å². The normalized spacial score (nSPS) is 22.2. The number of benzene rings is 1. The Balaban J connectivity index is 1.56. The summed E-state index contributed by atoms with van der Waals surface area (Å²) in [4.78, 5) is 19.2. The molecule has 26 heavy (non-hydrogen) atoms. The molecule has 0 aromatic heterocycles. The van der Waals surface area contributed by atoms with E-state index >= 15 is 0 Å². The fraction of sp³-hybridized carbons (Fsp3) is 0.556. The average molecular weight is 378 g/mol. The van der Waals surface area contributed by atoms with Crippen LogP contribution in [0.5, 0.6) is 0 Å². The van der Waals surface area contributed by atoms with E-state index in [1.807, 2.05) is 4.90 Å². The summed E-state index contributed by atoms with van der Waals surface area (Å²) in [5.41, 5.74) is 0.600. The first-order chi connectivity index (χ1) is 12.5. The van der Waals surface area contributed by atoms with Gasteiger partial charge in [-0.2, -0.15) is 0 Å². The van der Waals surface area contributed by atoms with E-state index in [2.05, 4.69) is 22.0 Å². The van der Waals surface area contributed by atoms with Gasteiger partial charge >= 0.3 is 0 Å². The number of sulfonamides is 1. The molecule has 1 unspecified atom stereocenters. The van der Waals surface area contributed by atoms with Gasteiger partial charge in [0.05, 0.1) is 4.90 Å². The highest BCUT2D eigenvalue weighted by molar-refractivity contribution is 7.90. The fourth-order valence-corrected chi connectivity index (χ4v) is 4.72. The summed E-state index contributed by atoms with van der Waals surface area (Å²) in [5.74, 6) is 0.534. The number of nitrogens with zero attached hydrogens (tertiary/aromatic N) is 2. The fourth-order valence-electron chi connectivity index (χ4n) is 3.47. The summed E-state index contributed by atoms with van der Waals surface area (Å²) < 4.78 is 26.6. The van der Waals surface area contributed by atoms with E-state index in [9.17, 15) is 13.2 Å². The molecule has 0 bridgehead atoms. The van der Waals surface area contributed by atoms with Crippen LogP contribution in [-0.2, 0) is 14.8 Å². The van der Waals surface area contributed by atoms with Gasteiger partial charge in [0.15, 0.2) is 0 Å². The van der Waals surface area contributed by atoms with Gasteiger partial charge in [-0.15, -0.1) is 0 Å². The molecule has 0 radical (unpaired) electrons. The molecular weight excluding hydrogens is 352 g/mol. The van der Waals surface area contributed by atoms with Crippen LogP contribution in [0.1, 0.15) is 38.2 Å². The van der Waals surface area contributed by atoms with Gasteiger partial charge in [0.1, 0.15) is 5.84 Å². The van der Waals surface area contributed by atoms with Crippen LogP contribution in [0.3, 0.4) is 0 Å². The van der Waals surface area contributed by atoms with E-state index in [0.29, 0.717) is 36.8 Å². The van der Waals surface area contributed by atoms with E-state index in [4.69, 9.17) is 0 Å². The number of carbonyl (C=O) groups is 1. The number of amides is 1. The lowest BCUT2D eigenvalue weighted by Crippen LogP contribution is -2.42. The monoisotopic (exact) mass is 378 g/mol. The minimum Gasteiger partial charge on any atom is -0.338 e. The van der Waals surface area contributed by atoms with E-state index < -0.39 is 10.0 Å². The van der Waals surface area contributed by atoms with Crippen molar-refractivity contribution in [3.63, 3.8) is 0 Å². The topological polar surface area (TPSA) is 90.9 Å². The molecule has 1 fully saturated rings. The van der Waals surface area contributed by atoms with Crippen LogP contribution in [0.2, 0.25) is 0 Å². The smallest absolute Gasteiger partial charge is 0.263 e. The molecule has 1 saturated heterocycles. The third-order valence-electron chi connectivity index (χ3n) is 4.74. The number of aliphatic imine (C=N–C) groups is 1. The van der Waals surface area contributed by atoms with E-state index in [0.717, 1.165) is 32.5 Å². The second-order valence-electron chi connectivity index (χ2n) is 6.67. The molecule has 2 aliphatic heterocycles. The molecule has 1 aromatic rings. The Bertz CT molecular complexity index is 785. The van der Waals surface area contributed by atoms with Gasteiger partial charge in [-0.25, -0.2) is 8.42 Å². The minimum atomic E-state index is -3.50. The second kappa shape index (κ2) is 8.18. The Morgan fingerprint density at radius 2 is 2.15 bits per heavy atom. The zero-order valence-electron chi connectivity index (χ0n) is 15.1. The lowest BCUT2D eigenvalue weighted by molar-refractivity contribution is -0.133. The number of nitrogens with one attached hydrogen (secondary N) is 2. The van der Waals surface area contributed by atoms with Crippen LogP contribution in [0.4, 0.5) is 0 Å². The standard InChI is InChI=1S/C18H26N4O3S/c1-2-12-22(14-9-11-19-13-14)17(23)8-5-10-20-18-15-6-3-4-7-16(15)26(24,25)21-18/h3-4,6-7,14,19H,2,5,8-13H2,1H3,(H,20,21). The summed E-state index contributed by atoms with van der Waals surface area (Å²) in [7, 11) is -3.50. The highest BCUT2D eigenvalue weighted by Crippen LogP contribution is 2.22. The van der Waals surface area contributed by atoms with Crippen molar-refractivity contribution in [1.82, 2.24) is 14.9 Å². The molecule has 1 atom stereocenters. The number of rotatable bonds is 7. The summed E-state index contributed by atoms with van der Waals surface area (Å²) in [5, 5.41) is 3.31. The van der Waals surface area contributed by atoms with Crippen LogP contribution in [0.15, 0.2) is 34.2 Å². The van der Waals surface area contributed by atoms with Crippen molar-refractivity contribution in [3.05, 3.63) is 29.8 Å². The molecule has 2 heterocycles. The van der Waals surface area contributed by atoms with Crippen molar-refractivity contribution < 1.29 is 13.2 Å². The third kappa shape index (κ3) is 4.07. The quantitative estimate of drug-likeness (QED) is 0.696. The average Bonchev–Trinajstić information content (AvgIpc) is 3.24. The predicted molar refractivity (Wildman–Crippen MR) is 101 cm³/mol. The maximum atomic E-state index is 12.6. The second-order valence-corrected chi connectivity index (χ2v) is 8.32. The van der Waals surface area contributed by atoms with Crippen molar-refractivity contribution in [2.24, 2.45) is 4.99 Å². The first-order valence-corrected chi connectivity index (χ1v) is 10.7. The van der Waals surface area contributed by atoms with Crippen molar-refractivity contribution >= 4 is 21.8 Å². The Kier molecular flexibility index (Phi) is 5.93. The van der Waals surface area contributed by atoms with Gasteiger partial charge in [0, 0.05) is 37.7 Å². The Hall–Kier alpha value is -1.93. The lowest BCUT2D eigenvalue weighted by atomic mass is 10.1. The van der Waals surface area contributed by atoms with Crippen LogP contribution in [0, 0.1) is 0 Å². The molecule has 0 spiro atoms. The molecule has 7 nitrogen and oxygen atoms in total. The zero-order valence-corrected chi connectivity index (χ0v) is 15.9. The van der Waals surface area contributed by atoms with E-state index in [1.54, 1.807) is 24.3 Å². The Morgan fingerprint density at radius 1 is 1.35 bits per heavy atom. The van der Waals surface area contributed by atoms with Crippen LogP contribution in [0.25, 0.3) is 0 Å². The highest BCUT2D eigenvalue weighted by atomic mass is 32.2. The first-order valence-electron chi connectivity index (χ1n) is 9.20. The molecule has 142 valence electrons. The maximum Gasteiger partial charge on any atom is 0.263 e. The number of hydrogen-bond acceptors (Lipinski definition) is 5. The summed E-state index contributed by atoms with van der Waals surface area (Å²) in [6.45, 7) is 5.12. The maximum absolute atomic E-state index is 12.6. The zero-order chi connectivity index (χ0) is 18.6. The molecule has 0 aliphatic carbocycles. The van der Waals surface area contributed by atoms with Gasteiger partial charge in [-0.1, -0.05) is 19.1 Å². The van der Waals surface area contributed by atoms with E-state index in [1.165, 1.54) is 0 Å². The van der Waals surface area contributed by atoms with Crippen LogP contribution in [-0.4, -0.2) is 57.3 Å². The summed E-state index contributed by atoms with van der Waals surface area (Å²) in [6, 6.07) is 7.09. The number of hydrogen-bond donors (Lipinski definition) is 2. The first kappa shape index (κ1) is 18.8. The van der Waals surface area contributed by atoms with Gasteiger partial charge < -0.3 is 10.2 Å². The number of fused-ring (bicyclic) bond motifs is 1. The van der Waals surface area contributed by atoms with Crippen LogP contribution < -0.4 is 10.0 Å². The van der Waals surface area contributed by atoms with Crippen molar-refractivity contribution in [2.45, 2.75) is 43.5 Å². The highest BCUT2D eigenvalue weighted by Gasteiger charge is 2.30. The number of carbonyl (C=O) groups excluding carboxylic acids is 1. The largest absolute Gasteiger partial charge is 0.338 e. The molecule has 3 rings (SSSR count). The molecular formula is C18H26N4O3S. The molecule has 0 saturated carbocycles. The van der Waals surface area contributed by atoms with Gasteiger partial charge in [-0.05, 0) is 37.9 Å². The predicted octanol–water partition coefficient (Wildman–Crippen LogP) is 1.11. The van der Waals surface area contributed by atoms with E-state index in [-0.39, 0.29) is 10.8 Å². The molecule has 8 heteroatoms. The van der Waals surface area contributed by atoms with Crippen molar-refractivity contribution in [1.29, 1.82) is 0 Å². The Morgan fingerprint density at radius 3 is 2.88 bits per heavy atom. The summed E-state index contributed by atoms with van der Waals surface area (Å²) in [6.07, 6.45) is 2.99.